The number of hydrogen-bond acceptors (Lipinski definition) is 3. The number of aromatic nitrogens is 1. The summed E-state index contributed by atoms with van der Waals surface area (Å²) < 4.78 is 4.93. The zero-order valence-electron chi connectivity index (χ0n) is 6.02. The van der Waals surface area contributed by atoms with Gasteiger partial charge >= 0.3 is 5.97 Å². The summed E-state index contributed by atoms with van der Waals surface area (Å²) in [7, 11) is 0. The monoisotopic (exact) mass is 163 g/mol. The number of furan rings is 1. The predicted octanol–water partition coefficient (Wildman–Crippen LogP) is 1.53. The van der Waals surface area contributed by atoms with Gasteiger partial charge in [-0.1, -0.05) is 0 Å². The van der Waals surface area contributed by atoms with Gasteiger partial charge in [0.05, 0.1) is 17.2 Å². The number of aromatic carboxylic acids is 1. The minimum absolute atomic E-state index is 0.216. The summed E-state index contributed by atoms with van der Waals surface area (Å²) in [6, 6.07) is 3.03. The van der Waals surface area contributed by atoms with Gasteiger partial charge < -0.3 is 9.52 Å². The van der Waals surface area contributed by atoms with E-state index in [4.69, 9.17) is 9.52 Å². The number of carbonyl (C=O) groups is 1. The largest absolute Gasteiger partial charge is 0.478 e. The molecule has 2 aromatic heterocycles. The van der Waals surface area contributed by atoms with Crippen LogP contribution >= 0.6 is 0 Å². The molecule has 2 rings (SSSR count). The van der Waals surface area contributed by atoms with Crippen molar-refractivity contribution in [1.82, 2.24) is 4.98 Å². The summed E-state index contributed by atoms with van der Waals surface area (Å²) in [6.45, 7) is 0. The summed E-state index contributed by atoms with van der Waals surface area (Å²) in [5, 5.41) is 9.26. The molecule has 0 amide bonds. The van der Waals surface area contributed by atoms with Crippen LogP contribution in [0.1, 0.15) is 10.4 Å². The maximum absolute atomic E-state index is 10.6. The first-order valence-electron chi connectivity index (χ1n) is 3.34. The third-order valence-electron chi connectivity index (χ3n) is 1.60. The van der Waals surface area contributed by atoms with Crippen LogP contribution < -0.4 is 0 Å². The average molecular weight is 163 g/mol. The number of carboxylic acid groups (broad SMARTS) is 1. The molecule has 2 heterocycles. The molecule has 0 atom stereocenters. The van der Waals surface area contributed by atoms with Crippen LogP contribution in [0.25, 0.3) is 11.1 Å². The van der Waals surface area contributed by atoms with E-state index in [0.29, 0.717) is 11.1 Å². The highest BCUT2D eigenvalue weighted by Crippen LogP contribution is 2.16. The van der Waals surface area contributed by atoms with Crippen molar-refractivity contribution in [2.45, 2.75) is 0 Å². The first-order chi connectivity index (χ1) is 5.79. The van der Waals surface area contributed by atoms with Gasteiger partial charge in [0.25, 0.3) is 0 Å². The van der Waals surface area contributed by atoms with Gasteiger partial charge in [0, 0.05) is 6.20 Å². The molecule has 0 spiro atoms. The standard InChI is InChI=1S/C8H5NO3/c10-8(11)6-1-3-9-7-5(6)2-4-12-7/h1-4H,(H,10,11). The molecule has 0 radical (unpaired) electrons. The Bertz CT molecular complexity index is 433. The quantitative estimate of drug-likeness (QED) is 0.692. The van der Waals surface area contributed by atoms with E-state index >= 15 is 0 Å². The van der Waals surface area contributed by atoms with Crippen molar-refractivity contribution in [3.05, 3.63) is 30.2 Å². The second-order valence-corrected chi connectivity index (χ2v) is 2.30. The smallest absolute Gasteiger partial charge is 0.336 e. The summed E-state index contributed by atoms with van der Waals surface area (Å²) in [4.78, 5) is 14.5. The third kappa shape index (κ3) is 0.852. The molecule has 1 N–H and O–H groups in total. The highest BCUT2D eigenvalue weighted by Gasteiger charge is 2.09. The SMILES string of the molecule is O=C(O)c1ccnc2occc12. The van der Waals surface area contributed by atoms with Crippen molar-refractivity contribution in [2.24, 2.45) is 0 Å². The Labute approximate surface area is 67.4 Å². The minimum atomic E-state index is -0.969. The zero-order valence-corrected chi connectivity index (χ0v) is 6.02. The maximum Gasteiger partial charge on any atom is 0.336 e. The molecular formula is C8H5NO3. The summed E-state index contributed by atoms with van der Waals surface area (Å²) >= 11 is 0. The van der Waals surface area contributed by atoms with Gasteiger partial charge in [-0.3, -0.25) is 0 Å². The van der Waals surface area contributed by atoms with E-state index in [2.05, 4.69) is 4.98 Å². The lowest BCUT2D eigenvalue weighted by atomic mass is 10.2. The number of fused-ring (bicyclic) bond motifs is 1. The Morgan fingerprint density at radius 3 is 3.08 bits per heavy atom. The summed E-state index contributed by atoms with van der Waals surface area (Å²) in [5.74, 6) is -0.969. The third-order valence-corrected chi connectivity index (χ3v) is 1.60. The Morgan fingerprint density at radius 1 is 1.50 bits per heavy atom. The lowest BCUT2D eigenvalue weighted by molar-refractivity contribution is 0.0699. The molecule has 60 valence electrons. The fourth-order valence-corrected chi connectivity index (χ4v) is 1.06. The molecule has 0 bridgehead atoms. The van der Waals surface area contributed by atoms with Gasteiger partial charge in [-0.15, -0.1) is 0 Å². The van der Waals surface area contributed by atoms with Gasteiger partial charge in [-0.25, -0.2) is 9.78 Å². The molecule has 4 heteroatoms. The van der Waals surface area contributed by atoms with Gasteiger partial charge in [0.1, 0.15) is 0 Å². The second-order valence-electron chi connectivity index (χ2n) is 2.30. The van der Waals surface area contributed by atoms with E-state index < -0.39 is 5.97 Å². The molecule has 0 aliphatic rings. The van der Waals surface area contributed by atoms with Crippen molar-refractivity contribution in [3.63, 3.8) is 0 Å². The van der Waals surface area contributed by atoms with Crippen molar-refractivity contribution in [2.75, 3.05) is 0 Å². The second kappa shape index (κ2) is 2.34. The lowest BCUT2D eigenvalue weighted by Gasteiger charge is -1.92. The van der Waals surface area contributed by atoms with Crippen molar-refractivity contribution in [1.29, 1.82) is 0 Å². The van der Waals surface area contributed by atoms with Crippen LogP contribution in [0.15, 0.2) is 29.0 Å². The zero-order chi connectivity index (χ0) is 8.55. The molecule has 0 saturated heterocycles. The highest BCUT2D eigenvalue weighted by molar-refractivity contribution is 6.00. The Morgan fingerprint density at radius 2 is 2.33 bits per heavy atom. The normalized spacial score (nSPS) is 10.3. The Kier molecular flexibility index (Phi) is 1.33. The number of carboxylic acids is 1. The molecule has 0 aliphatic carbocycles. The number of hydrogen-bond donors (Lipinski definition) is 1. The summed E-state index contributed by atoms with van der Waals surface area (Å²) in [5.41, 5.74) is 0.573. The molecule has 0 aliphatic heterocycles. The number of rotatable bonds is 1. The fourth-order valence-electron chi connectivity index (χ4n) is 1.06. The lowest BCUT2D eigenvalue weighted by Crippen LogP contribution is -1.96. The van der Waals surface area contributed by atoms with Crippen molar-refractivity contribution >= 4 is 17.1 Å². The van der Waals surface area contributed by atoms with E-state index in [1.807, 2.05) is 0 Å². The predicted molar refractivity (Wildman–Crippen MR) is 41.0 cm³/mol. The molecule has 0 unspecified atom stereocenters. The number of pyridine rings is 1. The first-order valence-corrected chi connectivity index (χ1v) is 3.34. The van der Waals surface area contributed by atoms with E-state index in [9.17, 15) is 4.79 Å². The maximum atomic E-state index is 10.6. The summed E-state index contributed by atoms with van der Waals surface area (Å²) in [6.07, 6.45) is 2.83. The van der Waals surface area contributed by atoms with E-state index in [1.165, 1.54) is 18.5 Å². The van der Waals surface area contributed by atoms with Crippen LogP contribution in [0, 0.1) is 0 Å². The van der Waals surface area contributed by atoms with Crippen molar-refractivity contribution in [3.8, 4) is 0 Å². The molecule has 0 aromatic carbocycles. The fraction of sp³-hybridized carbons (Fsp3) is 0. The van der Waals surface area contributed by atoms with Crippen LogP contribution in [0.3, 0.4) is 0 Å². The molecule has 0 saturated carbocycles. The van der Waals surface area contributed by atoms with Gasteiger partial charge in [-0.05, 0) is 12.1 Å². The minimum Gasteiger partial charge on any atom is -0.478 e. The molecule has 0 fully saturated rings. The van der Waals surface area contributed by atoms with Crippen molar-refractivity contribution < 1.29 is 14.3 Å². The molecular weight excluding hydrogens is 158 g/mol. The van der Waals surface area contributed by atoms with Gasteiger partial charge in [0.15, 0.2) is 0 Å². The van der Waals surface area contributed by atoms with E-state index in [1.54, 1.807) is 6.07 Å². The van der Waals surface area contributed by atoms with Crippen LogP contribution in [0.2, 0.25) is 0 Å². The Hall–Kier alpha value is -1.84. The molecule has 2 aromatic rings. The number of nitrogens with zero attached hydrogens (tertiary/aromatic N) is 1. The van der Waals surface area contributed by atoms with Gasteiger partial charge in [-0.2, -0.15) is 0 Å². The van der Waals surface area contributed by atoms with Crippen LogP contribution in [0.4, 0.5) is 0 Å². The Balaban J connectivity index is 2.82. The highest BCUT2D eigenvalue weighted by atomic mass is 16.4. The van der Waals surface area contributed by atoms with Crippen LogP contribution in [0.5, 0.6) is 0 Å². The van der Waals surface area contributed by atoms with E-state index in [0.717, 1.165) is 0 Å². The van der Waals surface area contributed by atoms with Crippen LogP contribution in [-0.2, 0) is 0 Å². The molecule has 12 heavy (non-hydrogen) atoms. The molecule has 4 nitrogen and oxygen atoms in total. The van der Waals surface area contributed by atoms with E-state index in [-0.39, 0.29) is 5.56 Å². The van der Waals surface area contributed by atoms with Crippen LogP contribution in [-0.4, -0.2) is 16.1 Å². The first kappa shape index (κ1) is 6.84. The van der Waals surface area contributed by atoms with Gasteiger partial charge in [0.2, 0.25) is 5.71 Å². The average Bonchev–Trinajstić information content (AvgIpc) is 2.49. The topological polar surface area (TPSA) is 63.3 Å².